The lowest BCUT2D eigenvalue weighted by Gasteiger charge is -2.07. The zero-order valence-electron chi connectivity index (χ0n) is 7.85. The van der Waals surface area contributed by atoms with E-state index < -0.39 is 0 Å². The van der Waals surface area contributed by atoms with Gasteiger partial charge in [0.05, 0.1) is 5.69 Å². The third-order valence-corrected chi connectivity index (χ3v) is 2.08. The number of hydrogen-bond donors (Lipinski definition) is 1. The van der Waals surface area contributed by atoms with E-state index in [-0.39, 0.29) is 0 Å². The first-order chi connectivity index (χ1) is 7.25. The average molecular weight is 221 g/mol. The van der Waals surface area contributed by atoms with Crippen LogP contribution in [0.4, 0.5) is 5.69 Å². The fourth-order valence-electron chi connectivity index (χ4n) is 1.15. The van der Waals surface area contributed by atoms with E-state index in [1.807, 2.05) is 0 Å². The van der Waals surface area contributed by atoms with Crippen molar-refractivity contribution < 1.29 is 4.74 Å². The van der Waals surface area contributed by atoms with Gasteiger partial charge in [-0.15, -0.1) is 0 Å². The summed E-state index contributed by atoms with van der Waals surface area (Å²) in [7, 11) is 0. The van der Waals surface area contributed by atoms with Crippen molar-refractivity contribution in [3.8, 4) is 11.5 Å². The molecule has 0 bridgehead atoms. The third-order valence-electron chi connectivity index (χ3n) is 1.85. The molecule has 2 N–H and O–H groups in total. The van der Waals surface area contributed by atoms with E-state index in [1.165, 1.54) is 0 Å². The Bertz CT molecular complexity index is 459. The number of halogens is 1. The van der Waals surface area contributed by atoms with E-state index in [0.29, 0.717) is 22.2 Å². The van der Waals surface area contributed by atoms with Gasteiger partial charge in [-0.1, -0.05) is 11.6 Å². The van der Waals surface area contributed by atoms with Gasteiger partial charge in [-0.05, 0) is 30.3 Å². The second-order valence-electron chi connectivity index (χ2n) is 2.97. The van der Waals surface area contributed by atoms with Crippen molar-refractivity contribution in [2.75, 3.05) is 5.73 Å². The number of pyridine rings is 1. The minimum absolute atomic E-state index is 0.513. The van der Waals surface area contributed by atoms with Crippen LogP contribution in [0, 0.1) is 0 Å². The number of nitrogens with zero attached hydrogens (tertiary/aromatic N) is 1. The highest BCUT2D eigenvalue weighted by Gasteiger charge is 2.02. The van der Waals surface area contributed by atoms with Gasteiger partial charge >= 0.3 is 0 Å². The van der Waals surface area contributed by atoms with Gasteiger partial charge in [0, 0.05) is 17.4 Å². The third kappa shape index (κ3) is 2.39. The molecule has 0 saturated carbocycles. The molecule has 76 valence electrons. The maximum absolute atomic E-state index is 5.77. The molecule has 3 nitrogen and oxygen atoms in total. The lowest BCUT2D eigenvalue weighted by molar-refractivity contribution is 0.484. The summed E-state index contributed by atoms with van der Waals surface area (Å²) in [5.41, 5.74) is 6.26. The molecule has 1 aromatic carbocycles. The Morgan fingerprint density at radius 1 is 1.13 bits per heavy atom. The molecule has 0 aliphatic rings. The van der Waals surface area contributed by atoms with Gasteiger partial charge in [0.25, 0.3) is 0 Å². The van der Waals surface area contributed by atoms with Crippen LogP contribution in [-0.4, -0.2) is 4.98 Å². The smallest absolute Gasteiger partial charge is 0.150 e. The minimum atomic E-state index is 0.513. The molecular formula is C11H9ClN2O. The largest absolute Gasteiger partial charge is 0.455 e. The second kappa shape index (κ2) is 4.19. The molecule has 2 aromatic rings. The highest BCUT2D eigenvalue weighted by atomic mass is 35.5. The lowest BCUT2D eigenvalue weighted by Crippen LogP contribution is -1.91. The number of rotatable bonds is 2. The molecule has 1 aromatic heterocycles. The Morgan fingerprint density at radius 2 is 1.87 bits per heavy atom. The molecule has 0 saturated heterocycles. The van der Waals surface area contributed by atoms with E-state index >= 15 is 0 Å². The summed E-state index contributed by atoms with van der Waals surface area (Å²) in [6, 6.07) is 8.63. The summed E-state index contributed by atoms with van der Waals surface area (Å²) in [5.74, 6) is 1.28. The van der Waals surface area contributed by atoms with Crippen LogP contribution in [0.1, 0.15) is 0 Å². The molecule has 1 heterocycles. The average Bonchev–Trinajstić information content (AvgIpc) is 2.24. The van der Waals surface area contributed by atoms with Gasteiger partial charge in [0.2, 0.25) is 0 Å². The number of benzene rings is 1. The van der Waals surface area contributed by atoms with Gasteiger partial charge in [-0.25, -0.2) is 0 Å². The van der Waals surface area contributed by atoms with E-state index in [0.717, 1.165) is 0 Å². The molecule has 0 radical (unpaired) electrons. The Kier molecular flexibility index (Phi) is 2.74. The van der Waals surface area contributed by atoms with Crippen molar-refractivity contribution >= 4 is 17.3 Å². The number of hydrogen-bond acceptors (Lipinski definition) is 3. The number of ether oxygens (including phenoxy) is 1. The lowest BCUT2D eigenvalue weighted by atomic mass is 10.3. The molecule has 2 rings (SSSR count). The molecule has 0 unspecified atom stereocenters. The minimum Gasteiger partial charge on any atom is -0.455 e. The van der Waals surface area contributed by atoms with Crippen molar-refractivity contribution in [1.82, 2.24) is 4.98 Å². The first-order valence-electron chi connectivity index (χ1n) is 4.38. The van der Waals surface area contributed by atoms with Crippen molar-refractivity contribution in [2.45, 2.75) is 0 Å². The van der Waals surface area contributed by atoms with E-state index in [9.17, 15) is 0 Å². The fraction of sp³-hybridized carbons (Fsp3) is 0. The maximum Gasteiger partial charge on any atom is 0.150 e. The number of nitrogens with two attached hydrogens (primary N) is 1. The molecule has 0 aliphatic carbocycles. The molecule has 0 atom stereocenters. The van der Waals surface area contributed by atoms with Crippen LogP contribution in [0.25, 0.3) is 0 Å². The molecule has 4 heteroatoms. The quantitative estimate of drug-likeness (QED) is 0.792. The van der Waals surface area contributed by atoms with Gasteiger partial charge in [0.15, 0.2) is 0 Å². The summed E-state index contributed by atoms with van der Waals surface area (Å²) in [4.78, 5) is 3.89. The Balaban J connectivity index is 2.25. The summed E-state index contributed by atoms with van der Waals surface area (Å²) in [6.07, 6.45) is 3.31. The zero-order chi connectivity index (χ0) is 10.7. The Hall–Kier alpha value is -1.74. The SMILES string of the molecule is Nc1cc(Cl)ccc1Oc1ccncc1. The molecule has 0 aliphatic heterocycles. The topological polar surface area (TPSA) is 48.1 Å². The van der Waals surface area contributed by atoms with Crippen LogP contribution in [0.3, 0.4) is 0 Å². The van der Waals surface area contributed by atoms with Crippen LogP contribution in [0.2, 0.25) is 5.02 Å². The van der Waals surface area contributed by atoms with Crippen molar-refractivity contribution in [2.24, 2.45) is 0 Å². The predicted molar refractivity (Wildman–Crippen MR) is 60.2 cm³/mol. The van der Waals surface area contributed by atoms with Crippen molar-refractivity contribution in [1.29, 1.82) is 0 Å². The van der Waals surface area contributed by atoms with E-state index in [4.69, 9.17) is 22.1 Å². The molecule has 0 spiro atoms. The van der Waals surface area contributed by atoms with Gasteiger partial charge < -0.3 is 10.5 Å². The van der Waals surface area contributed by atoms with Gasteiger partial charge in [0.1, 0.15) is 11.5 Å². The first-order valence-corrected chi connectivity index (χ1v) is 4.76. The number of aromatic nitrogens is 1. The second-order valence-corrected chi connectivity index (χ2v) is 3.40. The van der Waals surface area contributed by atoms with Crippen LogP contribution in [-0.2, 0) is 0 Å². The summed E-state index contributed by atoms with van der Waals surface area (Å²) in [6.45, 7) is 0. The Labute approximate surface area is 92.5 Å². The number of anilines is 1. The molecular weight excluding hydrogens is 212 g/mol. The van der Waals surface area contributed by atoms with Crippen molar-refractivity contribution in [3.63, 3.8) is 0 Å². The molecule has 0 amide bonds. The van der Waals surface area contributed by atoms with Crippen LogP contribution >= 0.6 is 11.6 Å². The summed E-state index contributed by atoms with van der Waals surface area (Å²) < 4.78 is 5.54. The van der Waals surface area contributed by atoms with Gasteiger partial charge in [-0.2, -0.15) is 0 Å². The van der Waals surface area contributed by atoms with Crippen LogP contribution < -0.4 is 10.5 Å². The summed E-state index contributed by atoms with van der Waals surface area (Å²) in [5, 5.41) is 0.592. The maximum atomic E-state index is 5.77. The fourth-order valence-corrected chi connectivity index (χ4v) is 1.33. The van der Waals surface area contributed by atoms with E-state index in [1.54, 1.807) is 42.7 Å². The number of nitrogen functional groups attached to an aromatic ring is 1. The normalized spacial score (nSPS) is 9.93. The molecule has 0 fully saturated rings. The monoisotopic (exact) mass is 220 g/mol. The first kappa shape index (κ1) is 9.80. The zero-order valence-corrected chi connectivity index (χ0v) is 8.61. The van der Waals surface area contributed by atoms with Crippen LogP contribution in [0.15, 0.2) is 42.7 Å². The highest BCUT2D eigenvalue weighted by molar-refractivity contribution is 6.30. The highest BCUT2D eigenvalue weighted by Crippen LogP contribution is 2.29. The van der Waals surface area contributed by atoms with Crippen molar-refractivity contribution in [3.05, 3.63) is 47.7 Å². The predicted octanol–water partition coefficient (Wildman–Crippen LogP) is 3.11. The molecule has 15 heavy (non-hydrogen) atoms. The van der Waals surface area contributed by atoms with E-state index in [2.05, 4.69) is 4.98 Å². The Morgan fingerprint density at radius 3 is 2.53 bits per heavy atom. The summed E-state index contributed by atoms with van der Waals surface area (Å²) >= 11 is 5.77. The standard InChI is InChI=1S/C11H9ClN2O/c12-8-1-2-11(10(13)7-8)15-9-3-5-14-6-4-9/h1-7H,13H2. The van der Waals surface area contributed by atoms with Crippen LogP contribution in [0.5, 0.6) is 11.5 Å². The van der Waals surface area contributed by atoms with Gasteiger partial charge in [-0.3, -0.25) is 4.98 Å².